The summed E-state index contributed by atoms with van der Waals surface area (Å²) in [4.78, 5) is 0. The van der Waals surface area contributed by atoms with Gasteiger partial charge in [-0.3, -0.25) is 4.55 Å². The zero-order valence-electron chi connectivity index (χ0n) is 15.9. The van der Waals surface area contributed by atoms with Gasteiger partial charge in [0.15, 0.2) is 0 Å². The Morgan fingerprint density at radius 1 is 0.667 bits per heavy atom. The molecule has 0 saturated carbocycles. The third kappa shape index (κ3) is 14.2. The summed E-state index contributed by atoms with van der Waals surface area (Å²) in [5, 5.41) is 9.35. The maximum atomic E-state index is 11.4. The van der Waals surface area contributed by atoms with Crippen LogP contribution in [0.2, 0.25) is 0 Å². The van der Waals surface area contributed by atoms with Gasteiger partial charge in [-0.05, 0) is 32.1 Å². The summed E-state index contributed by atoms with van der Waals surface area (Å²) in [6.07, 6.45) is 14.3. The van der Waals surface area contributed by atoms with Crippen LogP contribution in [0.15, 0.2) is 0 Å². The second-order valence-corrected chi connectivity index (χ2v) is 8.82. The van der Waals surface area contributed by atoms with Gasteiger partial charge in [0.05, 0.1) is 11.4 Å². The summed E-state index contributed by atoms with van der Waals surface area (Å²) < 4.78 is 32.1. The lowest BCUT2D eigenvalue weighted by atomic mass is 10.0. The van der Waals surface area contributed by atoms with Gasteiger partial charge in [-0.25, -0.2) is 0 Å². The molecule has 0 heterocycles. The van der Waals surface area contributed by atoms with Gasteiger partial charge in [0.1, 0.15) is 0 Å². The number of hydrogen-bond acceptors (Lipinski definition) is 3. The van der Waals surface area contributed by atoms with Gasteiger partial charge in [-0.15, -0.1) is 0 Å². The first-order chi connectivity index (χ1) is 11.4. The van der Waals surface area contributed by atoms with Crippen molar-refractivity contribution in [1.29, 1.82) is 0 Å². The highest BCUT2D eigenvalue weighted by atomic mass is 32.2. The lowest BCUT2D eigenvalue weighted by Gasteiger charge is -2.15. The van der Waals surface area contributed by atoms with E-state index >= 15 is 0 Å². The van der Waals surface area contributed by atoms with E-state index in [4.69, 9.17) is 0 Å². The Kier molecular flexibility index (Phi) is 15.1. The Hall–Kier alpha value is -0.130. The standard InChI is InChI=1S/C19H40O4S/c1-3-5-7-8-9-10-12-14-18(20)15-13-17-19(24(21,22)23)16-11-6-4-2/h18-20H,3-17H2,1-2H3,(H,21,22,23). The molecule has 2 N–H and O–H groups in total. The molecule has 0 aromatic rings. The fraction of sp³-hybridized carbons (Fsp3) is 1.00. The minimum absolute atomic E-state index is 0.335. The number of aliphatic hydroxyl groups is 1. The van der Waals surface area contributed by atoms with Gasteiger partial charge >= 0.3 is 0 Å². The van der Waals surface area contributed by atoms with Crippen molar-refractivity contribution in [3.63, 3.8) is 0 Å². The van der Waals surface area contributed by atoms with Crippen LogP contribution in [0.5, 0.6) is 0 Å². The summed E-state index contributed by atoms with van der Waals surface area (Å²) in [6.45, 7) is 4.29. The molecule has 5 heteroatoms. The molecule has 2 unspecified atom stereocenters. The van der Waals surface area contributed by atoms with Gasteiger partial charge in [0.25, 0.3) is 10.1 Å². The van der Waals surface area contributed by atoms with E-state index in [9.17, 15) is 18.1 Å². The molecule has 0 aromatic heterocycles. The van der Waals surface area contributed by atoms with Crippen LogP contribution in [0, 0.1) is 0 Å². The van der Waals surface area contributed by atoms with Crippen LogP contribution in [-0.2, 0) is 10.1 Å². The average Bonchev–Trinajstić information content (AvgIpc) is 2.51. The SMILES string of the molecule is CCCCCCCCCC(O)CCCC(CCCCC)S(=O)(=O)O. The summed E-state index contributed by atoms with van der Waals surface area (Å²) in [5.74, 6) is 0. The van der Waals surface area contributed by atoms with Crippen LogP contribution in [0.25, 0.3) is 0 Å². The van der Waals surface area contributed by atoms with Gasteiger partial charge in [-0.1, -0.05) is 78.1 Å². The summed E-state index contributed by atoms with van der Waals surface area (Å²) in [5.41, 5.74) is 0. The molecule has 0 saturated heterocycles. The average molecular weight is 365 g/mol. The lowest BCUT2D eigenvalue weighted by Crippen LogP contribution is -2.21. The van der Waals surface area contributed by atoms with E-state index in [1.54, 1.807) is 0 Å². The van der Waals surface area contributed by atoms with Crippen molar-refractivity contribution in [3.05, 3.63) is 0 Å². The van der Waals surface area contributed by atoms with Gasteiger partial charge < -0.3 is 5.11 Å². The topological polar surface area (TPSA) is 74.6 Å². The van der Waals surface area contributed by atoms with E-state index in [2.05, 4.69) is 13.8 Å². The van der Waals surface area contributed by atoms with Crippen LogP contribution < -0.4 is 0 Å². The molecular weight excluding hydrogens is 324 g/mol. The van der Waals surface area contributed by atoms with Gasteiger partial charge in [0, 0.05) is 0 Å². The molecule has 0 aliphatic heterocycles. The Bertz CT molecular complexity index is 368. The number of rotatable bonds is 17. The Morgan fingerprint density at radius 3 is 1.67 bits per heavy atom. The highest BCUT2D eigenvalue weighted by Gasteiger charge is 2.22. The smallest absolute Gasteiger partial charge is 0.267 e. The molecule has 2 atom stereocenters. The Labute approximate surface area is 150 Å². The van der Waals surface area contributed by atoms with Crippen LogP contribution in [-0.4, -0.2) is 29.4 Å². The molecular formula is C19H40O4S. The molecule has 24 heavy (non-hydrogen) atoms. The van der Waals surface area contributed by atoms with Crippen molar-refractivity contribution >= 4 is 10.1 Å². The molecule has 4 nitrogen and oxygen atoms in total. The predicted octanol–water partition coefficient (Wildman–Crippen LogP) is 5.50. The van der Waals surface area contributed by atoms with E-state index < -0.39 is 15.4 Å². The van der Waals surface area contributed by atoms with Gasteiger partial charge in [0.2, 0.25) is 0 Å². The van der Waals surface area contributed by atoms with Crippen LogP contribution in [0.3, 0.4) is 0 Å². The van der Waals surface area contributed by atoms with E-state index in [1.165, 1.54) is 38.5 Å². The quantitative estimate of drug-likeness (QED) is 0.264. The molecule has 0 aromatic carbocycles. The first kappa shape index (κ1) is 23.9. The third-order valence-electron chi connectivity index (χ3n) is 4.76. The highest BCUT2D eigenvalue weighted by Crippen LogP contribution is 2.19. The Morgan fingerprint density at radius 2 is 1.08 bits per heavy atom. The number of unbranched alkanes of at least 4 members (excludes halogenated alkanes) is 8. The zero-order valence-corrected chi connectivity index (χ0v) is 16.7. The van der Waals surface area contributed by atoms with Crippen molar-refractivity contribution in [3.8, 4) is 0 Å². The summed E-state index contributed by atoms with van der Waals surface area (Å²) >= 11 is 0. The summed E-state index contributed by atoms with van der Waals surface area (Å²) in [7, 11) is -3.96. The summed E-state index contributed by atoms with van der Waals surface area (Å²) in [6, 6.07) is 0. The second-order valence-electron chi connectivity index (χ2n) is 7.13. The Balaban J connectivity index is 3.77. The van der Waals surface area contributed by atoms with Crippen LogP contribution in [0.4, 0.5) is 0 Å². The van der Waals surface area contributed by atoms with Crippen LogP contribution >= 0.6 is 0 Å². The fourth-order valence-electron chi connectivity index (χ4n) is 3.13. The zero-order chi connectivity index (χ0) is 18.3. The van der Waals surface area contributed by atoms with E-state index in [0.29, 0.717) is 25.7 Å². The normalized spacial score (nSPS) is 14.7. The van der Waals surface area contributed by atoms with Crippen molar-refractivity contribution in [1.82, 2.24) is 0 Å². The third-order valence-corrected chi connectivity index (χ3v) is 6.07. The van der Waals surface area contributed by atoms with Crippen LogP contribution in [0.1, 0.15) is 110 Å². The molecule has 0 aliphatic rings. The highest BCUT2D eigenvalue weighted by molar-refractivity contribution is 7.86. The van der Waals surface area contributed by atoms with Crippen molar-refractivity contribution in [2.75, 3.05) is 0 Å². The van der Waals surface area contributed by atoms with Crippen molar-refractivity contribution in [2.24, 2.45) is 0 Å². The molecule has 146 valence electrons. The molecule has 0 bridgehead atoms. The molecule has 0 fully saturated rings. The molecule has 0 amide bonds. The van der Waals surface area contributed by atoms with Gasteiger partial charge in [-0.2, -0.15) is 8.42 Å². The molecule has 0 rings (SSSR count). The van der Waals surface area contributed by atoms with E-state index in [-0.39, 0.29) is 6.10 Å². The van der Waals surface area contributed by atoms with Crippen molar-refractivity contribution < 1.29 is 18.1 Å². The fourth-order valence-corrected chi connectivity index (χ4v) is 4.06. The van der Waals surface area contributed by atoms with E-state index in [1.807, 2.05) is 0 Å². The number of aliphatic hydroxyl groups excluding tert-OH is 1. The van der Waals surface area contributed by atoms with Crippen molar-refractivity contribution in [2.45, 2.75) is 122 Å². The largest absolute Gasteiger partial charge is 0.393 e. The number of hydrogen-bond donors (Lipinski definition) is 2. The minimum atomic E-state index is -3.96. The van der Waals surface area contributed by atoms with E-state index in [0.717, 1.165) is 32.1 Å². The second kappa shape index (κ2) is 15.2. The first-order valence-corrected chi connectivity index (χ1v) is 11.6. The molecule has 0 radical (unpaired) electrons. The maximum absolute atomic E-state index is 11.4. The monoisotopic (exact) mass is 364 g/mol. The molecule has 0 spiro atoms. The predicted molar refractivity (Wildman–Crippen MR) is 102 cm³/mol. The minimum Gasteiger partial charge on any atom is -0.393 e. The molecule has 0 aliphatic carbocycles. The first-order valence-electron chi connectivity index (χ1n) is 10.1. The lowest BCUT2D eigenvalue weighted by molar-refractivity contribution is 0.147. The maximum Gasteiger partial charge on any atom is 0.267 e.